The topological polar surface area (TPSA) is 23.6 Å². The SMILES string of the molecule is C=CC(=O)N1CC2(CN(C)C2)C1. The Labute approximate surface area is 72.6 Å². The summed E-state index contributed by atoms with van der Waals surface area (Å²) < 4.78 is 0. The molecule has 0 atom stereocenters. The molecule has 0 radical (unpaired) electrons. The highest BCUT2D eigenvalue weighted by molar-refractivity contribution is 5.87. The number of rotatable bonds is 1. The minimum atomic E-state index is 0.0789. The highest BCUT2D eigenvalue weighted by atomic mass is 16.2. The maximum Gasteiger partial charge on any atom is 0.245 e. The summed E-state index contributed by atoms with van der Waals surface area (Å²) in [6, 6.07) is 0. The van der Waals surface area contributed by atoms with E-state index in [2.05, 4.69) is 18.5 Å². The molecule has 0 aliphatic carbocycles. The van der Waals surface area contributed by atoms with E-state index in [0.29, 0.717) is 5.41 Å². The van der Waals surface area contributed by atoms with Crippen molar-refractivity contribution in [2.24, 2.45) is 5.41 Å². The first-order chi connectivity index (χ1) is 5.65. The molecule has 2 heterocycles. The largest absolute Gasteiger partial charge is 0.338 e. The monoisotopic (exact) mass is 166 g/mol. The first-order valence-electron chi connectivity index (χ1n) is 4.25. The lowest BCUT2D eigenvalue weighted by Gasteiger charge is -2.59. The summed E-state index contributed by atoms with van der Waals surface area (Å²) in [5.74, 6) is 0.0789. The average molecular weight is 166 g/mol. The summed E-state index contributed by atoms with van der Waals surface area (Å²) in [6.45, 7) is 7.63. The minimum absolute atomic E-state index is 0.0789. The third-order valence-corrected chi connectivity index (χ3v) is 2.75. The second kappa shape index (κ2) is 2.33. The van der Waals surface area contributed by atoms with Gasteiger partial charge in [0.25, 0.3) is 0 Å². The maximum absolute atomic E-state index is 11.1. The van der Waals surface area contributed by atoms with Gasteiger partial charge in [-0.3, -0.25) is 4.79 Å². The second-order valence-corrected chi connectivity index (χ2v) is 4.07. The third kappa shape index (κ3) is 0.966. The van der Waals surface area contributed by atoms with Gasteiger partial charge in [-0.1, -0.05) is 6.58 Å². The van der Waals surface area contributed by atoms with Crippen LogP contribution in [0.3, 0.4) is 0 Å². The van der Waals surface area contributed by atoms with Gasteiger partial charge in [0.15, 0.2) is 0 Å². The van der Waals surface area contributed by atoms with Crippen molar-refractivity contribution in [3.63, 3.8) is 0 Å². The van der Waals surface area contributed by atoms with Crippen LogP contribution in [0.5, 0.6) is 0 Å². The minimum Gasteiger partial charge on any atom is -0.338 e. The van der Waals surface area contributed by atoms with Crippen LogP contribution in [0.4, 0.5) is 0 Å². The number of likely N-dealkylation sites (tertiary alicyclic amines) is 2. The molecule has 0 saturated carbocycles. The summed E-state index contributed by atoms with van der Waals surface area (Å²) in [4.78, 5) is 15.2. The molecular formula is C9H14N2O. The van der Waals surface area contributed by atoms with Crippen molar-refractivity contribution in [3.8, 4) is 0 Å². The van der Waals surface area contributed by atoms with E-state index in [4.69, 9.17) is 0 Å². The number of hydrogen-bond acceptors (Lipinski definition) is 2. The fourth-order valence-electron chi connectivity index (χ4n) is 2.35. The van der Waals surface area contributed by atoms with Gasteiger partial charge in [-0.15, -0.1) is 0 Å². The van der Waals surface area contributed by atoms with E-state index in [-0.39, 0.29) is 5.91 Å². The molecule has 2 fully saturated rings. The molecule has 3 nitrogen and oxygen atoms in total. The summed E-state index contributed by atoms with van der Waals surface area (Å²) in [5.41, 5.74) is 0.452. The van der Waals surface area contributed by atoms with E-state index < -0.39 is 0 Å². The number of amides is 1. The molecule has 0 unspecified atom stereocenters. The van der Waals surface area contributed by atoms with E-state index >= 15 is 0 Å². The molecule has 2 rings (SSSR count). The number of carbonyl (C=O) groups excluding carboxylic acids is 1. The van der Waals surface area contributed by atoms with Crippen LogP contribution >= 0.6 is 0 Å². The fraction of sp³-hybridized carbons (Fsp3) is 0.667. The fourth-order valence-corrected chi connectivity index (χ4v) is 2.35. The smallest absolute Gasteiger partial charge is 0.245 e. The van der Waals surface area contributed by atoms with Crippen LogP contribution in [-0.4, -0.2) is 48.9 Å². The zero-order valence-corrected chi connectivity index (χ0v) is 7.42. The second-order valence-electron chi connectivity index (χ2n) is 4.07. The van der Waals surface area contributed by atoms with Gasteiger partial charge in [-0.05, 0) is 13.1 Å². The van der Waals surface area contributed by atoms with Gasteiger partial charge in [0, 0.05) is 31.6 Å². The van der Waals surface area contributed by atoms with Gasteiger partial charge < -0.3 is 9.80 Å². The Kier molecular flexibility index (Phi) is 1.51. The first kappa shape index (κ1) is 7.80. The normalized spacial score (nSPS) is 26.2. The van der Waals surface area contributed by atoms with Crippen molar-refractivity contribution in [1.29, 1.82) is 0 Å². The molecule has 2 aliphatic rings. The van der Waals surface area contributed by atoms with Crippen molar-refractivity contribution in [1.82, 2.24) is 9.80 Å². The Morgan fingerprint density at radius 1 is 1.42 bits per heavy atom. The Morgan fingerprint density at radius 3 is 2.42 bits per heavy atom. The lowest BCUT2D eigenvalue weighted by molar-refractivity contribution is -0.151. The molecule has 3 heteroatoms. The van der Waals surface area contributed by atoms with E-state index in [0.717, 1.165) is 26.2 Å². The third-order valence-electron chi connectivity index (χ3n) is 2.75. The molecule has 66 valence electrons. The maximum atomic E-state index is 11.1. The van der Waals surface area contributed by atoms with Gasteiger partial charge in [0.2, 0.25) is 5.91 Å². The van der Waals surface area contributed by atoms with E-state index in [1.54, 1.807) is 0 Å². The zero-order chi connectivity index (χ0) is 8.77. The molecular weight excluding hydrogens is 152 g/mol. The molecule has 2 aliphatic heterocycles. The van der Waals surface area contributed by atoms with Gasteiger partial charge >= 0.3 is 0 Å². The summed E-state index contributed by atoms with van der Waals surface area (Å²) in [7, 11) is 2.11. The van der Waals surface area contributed by atoms with Crippen molar-refractivity contribution < 1.29 is 4.79 Å². The lowest BCUT2D eigenvalue weighted by Crippen LogP contribution is -2.71. The van der Waals surface area contributed by atoms with Crippen molar-refractivity contribution in [2.75, 3.05) is 33.2 Å². The van der Waals surface area contributed by atoms with Crippen LogP contribution in [0.2, 0.25) is 0 Å². The molecule has 1 amide bonds. The predicted octanol–water partition coefficient (Wildman–Crippen LogP) is -0.0536. The molecule has 0 aromatic rings. The zero-order valence-electron chi connectivity index (χ0n) is 7.42. The highest BCUT2D eigenvalue weighted by Gasteiger charge is 2.51. The van der Waals surface area contributed by atoms with Gasteiger partial charge in [0.05, 0.1) is 0 Å². The average Bonchev–Trinajstić information content (AvgIpc) is 1.92. The van der Waals surface area contributed by atoms with Crippen LogP contribution in [0.1, 0.15) is 0 Å². The number of hydrogen-bond donors (Lipinski definition) is 0. The molecule has 0 bridgehead atoms. The van der Waals surface area contributed by atoms with Gasteiger partial charge in [-0.2, -0.15) is 0 Å². The predicted molar refractivity (Wildman–Crippen MR) is 46.7 cm³/mol. The summed E-state index contributed by atoms with van der Waals surface area (Å²) in [5, 5.41) is 0. The Morgan fingerprint density at radius 2 is 2.00 bits per heavy atom. The molecule has 1 spiro atoms. The molecule has 2 saturated heterocycles. The van der Waals surface area contributed by atoms with Crippen molar-refractivity contribution in [2.45, 2.75) is 0 Å². The number of nitrogens with zero attached hydrogens (tertiary/aromatic N) is 2. The van der Waals surface area contributed by atoms with E-state index in [1.807, 2.05) is 4.90 Å². The molecule has 0 aromatic heterocycles. The van der Waals surface area contributed by atoms with Crippen LogP contribution in [0.25, 0.3) is 0 Å². The van der Waals surface area contributed by atoms with E-state index in [9.17, 15) is 4.79 Å². The quantitative estimate of drug-likeness (QED) is 0.510. The van der Waals surface area contributed by atoms with Crippen LogP contribution in [0.15, 0.2) is 12.7 Å². The molecule has 12 heavy (non-hydrogen) atoms. The first-order valence-corrected chi connectivity index (χ1v) is 4.25. The molecule has 0 N–H and O–H groups in total. The van der Waals surface area contributed by atoms with Crippen LogP contribution in [0, 0.1) is 5.41 Å². The number of carbonyl (C=O) groups is 1. The summed E-state index contributed by atoms with van der Waals surface area (Å²) in [6.07, 6.45) is 1.40. The van der Waals surface area contributed by atoms with Crippen molar-refractivity contribution in [3.05, 3.63) is 12.7 Å². The Balaban J connectivity index is 1.84. The Hall–Kier alpha value is -0.830. The highest BCUT2D eigenvalue weighted by Crippen LogP contribution is 2.38. The van der Waals surface area contributed by atoms with Gasteiger partial charge in [-0.25, -0.2) is 0 Å². The van der Waals surface area contributed by atoms with Crippen LogP contribution in [-0.2, 0) is 4.79 Å². The van der Waals surface area contributed by atoms with Crippen molar-refractivity contribution >= 4 is 5.91 Å². The Bertz CT molecular complexity index is 223. The lowest BCUT2D eigenvalue weighted by atomic mass is 9.73. The summed E-state index contributed by atoms with van der Waals surface area (Å²) >= 11 is 0. The molecule has 0 aromatic carbocycles. The standard InChI is InChI=1S/C9H14N2O/c1-3-8(12)11-6-9(7-11)4-10(2)5-9/h3H,1,4-7H2,2H3. The van der Waals surface area contributed by atoms with Gasteiger partial charge in [0.1, 0.15) is 0 Å². The van der Waals surface area contributed by atoms with Crippen LogP contribution < -0.4 is 0 Å². The van der Waals surface area contributed by atoms with E-state index in [1.165, 1.54) is 6.08 Å².